The molecule has 0 saturated carbocycles. The van der Waals surface area contributed by atoms with Crippen LogP contribution in [-0.4, -0.2) is 35.3 Å². The van der Waals surface area contributed by atoms with Gasteiger partial charge in [0.2, 0.25) is 0 Å². The normalized spacial score (nSPS) is 14.6. The van der Waals surface area contributed by atoms with Crippen LogP contribution in [-0.2, 0) is 14.1 Å². The first-order chi connectivity index (χ1) is 10.5. The summed E-state index contributed by atoms with van der Waals surface area (Å²) in [4.78, 5) is 26.1. The lowest BCUT2D eigenvalue weighted by molar-refractivity contribution is 0.254. The molecule has 0 bridgehead atoms. The van der Waals surface area contributed by atoms with E-state index in [4.69, 9.17) is 0 Å². The van der Waals surface area contributed by atoms with E-state index in [0.717, 1.165) is 48.3 Å². The van der Waals surface area contributed by atoms with Crippen molar-refractivity contribution in [2.75, 3.05) is 30.4 Å². The average Bonchev–Trinajstić information content (AvgIpc) is 3.12. The first-order valence-electron chi connectivity index (χ1n) is 7.46. The van der Waals surface area contributed by atoms with Crippen LogP contribution in [0.3, 0.4) is 0 Å². The zero-order valence-electron chi connectivity index (χ0n) is 13.1. The Morgan fingerprint density at radius 3 is 2.27 bits per heavy atom. The van der Waals surface area contributed by atoms with Gasteiger partial charge in [0.15, 0.2) is 0 Å². The Bertz CT molecular complexity index is 783. The molecule has 1 aromatic carbocycles. The molecule has 2 N–H and O–H groups in total. The smallest absolute Gasteiger partial charge is 0.328 e. The van der Waals surface area contributed by atoms with Crippen LogP contribution in [0.2, 0.25) is 0 Å². The van der Waals surface area contributed by atoms with Gasteiger partial charge in [0.25, 0.3) is 0 Å². The first-order valence-corrected chi connectivity index (χ1v) is 7.46. The molecule has 0 atom stereocenters. The first kappa shape index (κ1) is 14.5. The molecular formula is C15H21N5O2. The fourth-order valence-electron chi connectivity index (χ4n) is 3.04. The second-order valence-corrected chi connectivity index (χ2v) is 5.66. The van der Waals surface area contributed by atoms with Crippen molar-refractivity contribution in [1.82, 2.24) is 14.5 Å². The molecule has 1 saturated heterocycles. The van der Waals surface area contributed by atoms with Crippen molar-refractivity contribution < 1.29 is 4.79 Å². The summed E-state index contributed by atoms with van der Waals surface area (Å²) < 4.78 is 3.23. The number of carbonyl (C=O) groups excluding carboxylic acids is 1. The zero-order chi connectivity index (χ0) is 15.9. The highest BCUT2D eigenvalue weighted by atomic mass is 16.2. The maximum Gasteiger partial charge on any atom is 0.328 e. The van der Waals surface area contributed by atoms with Crippen molar-refractivity contribution in [3.8, 4) is 0 Å². The maximum absolute atomic E-state index is 12.1. The number of rotatable bonds is 2. The Hall–Kier alpha value is -2.44. The van der Waals surface area contributed by atoms with E-state index in [0.29, 0.717) is 0 Å². The highest BCUT2D eigenvalue weighted by Gasteiger charge is 2.20. The number of aromatic nitrogens is 2. The molecule has 7 heteroatoms. The van der Waals surface area contributed by atoms with Crippen molar-refractivity contribution in [2.45, 2.75) is 12.8 Å². The monoisotopic (exact) mass is 303 g/mol. The lowest BCUT2D eigenvalue weighted by Gasteiger charge is -2.22. The van der Waals surface area contributed by atoms with Crippen molar-refractivity contribution >= 4 is 28.4 Å². The molecule has 7 nitrogen and oxygen atoms in total. The van der Waals surface area contributed by atoms with Gasteiger partial charge < -0.3 is 15.5 Å². The topological polar surface area (TPSA) is 71.3 Å². The van der Waals surface area contributed by atoms with Gasteiger partial charge in [-0.1, -0.05) is 0 Å². The van der Waals surface area contributed by atoms with Crippen molar-refractivity contribution in [3.63, 3.8) is 0 Å². The number of nitrogens with one attached hydrogen (secondary N) is 2. The number of anilines is 2. The highest BCUT2D eigenvalue weighted by molar-refractivity contribution is 5.97. The van der Waals surface area contributed by atoms with Gasteiger partial charge in [-0.05, 0) is 25.0 Å². The Morgan fingerprint density at radius 1 is 1.09 bits per heavy atom. The van der Waals surface area contributed by atoms with Crippen LogP contribution in [0.4, 0.5) is 16.2 Å². The van der Waals surface area contributed by atoms with Gasteiger partial charge in [-0.3, -0.25) is 9.13 Å². The summed E-state index contributed by atoms with van der Waals surface area (Å²) in [5, 5.41) is 5.44. The number of benzene rings is 1. The third kappa shape index (κ3) is 2.22. The molecular weight excluding hydrogens is 282 g/mol. The summed E-state index contributed by atoms with van der Waals surface area (Å²) in [5.41, 5.74) is 3.31. The fraction of sp³-hybridized carbons (Fsp3) is 0.467. The Balaban J connectivity index is 2.20. The van der Waals surface area contributed by atoms with Gasteiger partial charge >= 0.3 is 11.7 Å². The van der Waals surface area contributed by atoms with Crippen LogP contribution in [0.15, 0.2) is 16.9 Å². The number of fused-ring (bicyclic) bond motifs is 1. The molecule has 0 spiro atoms. The average molecular weight is 303 g/mol. The predicted molar refractivity (Wildman–Crippen MR) is 87.7 cm³/mol. The molecule has 3 rings (SSSR count). The number of imidazole rings is 1. The lowest BCUT2D eigenvalue weighted by Crippen LogP contribution is -2.27. The molecule has 1 aromatic heterocycles. The van der Waals surface area contributed by atoms with Gasteiger partial charge in [-0.2, -0.15) is 0 Å². The molecule has 1 aliphatic heterocycles. The minimum atomic E-state index is -0.263. The predicted octanol–water partition coefficient (Wildman–Crippen LogP) is 1.23. The van der Waals surface area contributed by atoms with Gasteiger partial charge in [0, 0.05) is 34.2 Å². The van der Waals surface area contributed by atoms with E-state index in [2.05, 4.69) is 15.5 Å². The van der Waals surface area contributed by atoms with Gasteiger partial charge in [-0.15, -0.1) is 0 Å². The van der Waals surface area contributed by atoms with Crippen LogP contribution in [0.5, 0.6) is 0 Å². The zero-order valence-corrected chi connectivity index (χ0v) is 13.1. The Morgan fingerprint density at radius 2 is 1.68 bits per heavy atom. The lowest BCUT2D eigenvalue weighted by atomic mass is 10.2. The summed E-state index contributed by atoms with van der Waals surface area (Å²) in [6, 6.07) is 3.60. The molecule has 2 amide bonds. The van der Waals surface area contributed by atoms with Gasteiger partial charge in [-0.25, -0.2) is 9.59 Å². The summed E-state index contributed by atoms with van der Waals surface area (Å²) in [6.07, 6.45) is 2.29. The molecule has 22 heavy (non-hydrogen) atoms. The Labute approximate surface area is 128 Å². The van der Waals surface area contributed by atoms with E-state index in [1.807, 2.05) is 12.1 Å². The molecule has 1 fully saturated rings. The van der Waals surface area contributed by atoms with E-state index >= 15 is 0 Å². The van der Waals surface area contributed by atoms with Crippen molar-refractivity contribution in [2.24, 2.45) is 14.1 Å². The number of amides is 2. The molecule has 2 heterocycles. The van der Waals surface area contributed by atoms with E-state index in [-0.39, 0.29) is 11.7 Å². The SMILES string of the molecule is CNC(=O)Nc1cc2c(cc1N1CCCC1)n(C)c(=O)n2C. The third-order valence-electron chi connectivity index (χ3n) is 4.31. The summed E-state index contributed by atoms with van der Waals surface area (Å²) in [7, 11) is 5.09. The molecule has 0 unspecified atom stereocenters. The number of hydrogen-bond acceptors (Lipinski definition) is 3. The number of aryl methyl sites for hydroxylation is 2. The summed E-state index contributed by atoms with van der Waals surface area (Å²) in [5.74, 6) is 0. The molecule has 1 aliphatic rings. The summed E-state index contributed by atoms with van der Waals surface area (Å²) in [6.45, 7) is 1.93. The minimum absolute atomic E-state index is 0.0699. The van der Waals surface area contributed by atoms with Crippen LogP contribution in [0, 0.1) is 0 Å². The van der Waals surface area contributed by atoms with E-state index in [1.54, 1.807) is 30.3 Å². The van der Waals surface area contributed by atoms with E-state index < -0.39 is 0 Å². The quantitative estimate of drug-likeness (QED) is 0.876. The summed E-state index contributed by atoms with van der Waals surface area (Å²) >= 11 is 0. The van der Waals surface area contributed by atoms with E-state index in [9.17, 15) is 9.59 Å². The van der Waals surface area contributed by atoms with Crippen LogP contribution in [0.1, 0.15) is 12.8 Å². The number of hydrogen-bond donors (Lipinski definition) is 2. The van der Waals surface area contributed by atoms with Crippen LogP contribution < -0.4 is 21.2 Å². The number of carbonyl (C=O) groups is 1. The Kier molecular flexibility index (Phi) is 3.56. The van der Waals surface area contributed by atoms with E-state index in [1.165, 1.54) is 0 Å². The minimum Gasteiger partial charge on any atom is -0.370 e. The van der Waals surface area contributed by atoms with Crippen LogP contribution >= 0.6 is 0 Å². The number of nitrogens with zero attached hydrogens (tertiary/aromatic N) is 3. The van der Waals surface area contributed by atoms with Crippen molar-refractivity contribution in [1.29, 1.82) is 0 Å². The molecule has 0 aliphatic carbocycles. The second-order valence-electron chi connectivity index (χ2n) is 5.66. The van der Waals surface area contributed by atoms with Crippen molar-refractivity contribution in [3.05, 3.63) is 22.6 Å². The second kappa shape index (κ2) is 5.40. The van der Waals surface area contributed by atoms with Gasteiger partial charge in [0.1, 0.15) is 0 Å². The third-order valence-corrected chi connectivity index (χ3v) is 4.31. The molecule has 2 aromatic rings. The number of urea groups is 1. The standard InChI is InChI=1S/C15H21N5O2/c1-16-14(21)17-10-8-12-13(19(3)15(22)18(12)2)9-11(10)20-6-4-5-7-20/h8-9H,4-7H2,1-3H3,(H2,16,17,21). The molecule has 0 radical (unpaired) electrons. The van der Waals surface area contributed by atoms with Gasteiger partial charge in [0.05, 0.1) is 22.4 Å². The maximum atomic E-state index is 12.1. The molecule has 118 valence electrons. The highest BCUT2D eigenvalue weighted by Crippen LogP contribution is 2.33. The largest absolute Gasteiger partial charge is 0.370 e. The van der Waals surface area contributed by atoms with Crippen LogP contribution in [0.25, 0.3) is 11.0 Å². The fourth-order valence-corrected chi connectivity index (χ4v) is 3.04.